The SMILES string of the molecule is COCC(=O)N1CC[C@@H](c2cc(COc3cccc(C(F)(F)F)c3)[nH]n2)C1. The van der Waals surface area contributed by atoms with Gasteiger partial charge in [0.15, 0.2) is 0 Å². The first-order valence-electron chi connectivity index (χ1n) is 8.48. The van der Waals surface area contributed by atoms with Gasteiger partial charge in [0, 0.05) is 26.1 Å². The van der Waals surface area contributed by atoms with Crippen molar-refractivity contribution in [1.82, 2.24) is 15.1 Å². The van der Waals surface area contributed by atoms with E-state index in [0.717, 1.165) is 24.2 Å². The summed E-state index contributed by atoms with van der Waals surface area (Å²) in [5.74, 6) is 0.200. The maximum absolute atomic E-state index is 12.7. The monoisotopic (exact) mass is 383 g/mol. The Labute approximate surface area is 154 Å². The Morgan fingerprint density at radius 1 is 1.37 bits per heavy atom. The van der Waals surface area contributed by atoms with Crippen molar-refractivity contribution in [3.8, 4) is 5.75 Å². The largest absolute Gasteiger partial charge is 0.487 e. The number of ether oxygens (including phenoxy) is 2. The number of H-pyrrole nitrogens is 1. The first-order valence-corrected chi connectivity index (χ1v) is 8.48. The third-order valence-electron chi connectivity index (χ3n) is 4.43. The van der Waals surface area contributed by atoms with Crippen LogP contribution in [0.25, 0.3) is 0 Å². The quantitative estimate of drug-likeness (QED) is 0.833. The van der Waals surface area contributed by atoms with Crippen LogP contribution in [0, 0.1) is 0 Å². The molecule has 3 rings (SSSR count). The number of amides is 1. The number of aromatic amines is 1. The van der Waals surface area contributed by atoms with E-state index in [2.05, 4.69) is 10.2 Å². The van der Waals surface area contributed by atoms with Crippen LogP contribution in [0.15, 0.2) is 30.3 Å². The lowest BCUT2D eigenvalue weighted by Gasteiger charge is -2.15. The van der Waals surface area contributed by atoms with Gasteiger partial charge >= 0.3 is 6.18 Å². The Hall–Kier alpha value is -2.55. The number of carbonyl (C=O) groups is 1. The second kappa shape index (κ2) is 7.99. The molecule has 0 saturated carbocycles. The minimum atomic E-state index is -4.41. The predicted octanol–water partition coefficient (Wildman–Crippen LogP) is 2.97. The van der Waals surface area contributed by atoms with Crippen LogP contribution in [0.3, 0.4) is 0 Å². The van der Waals surface area contributed by atoms with E-state index < -0.39 is 11.7 Å². The summed E-state index contributed by atoms with van der Waals surface area (Å²) in [6.07, 6.45) is -3.61. The molecule has 0 unspecified atom stereocenters. The van der Waals surface area contributed by atoms with E-state index in [0.29, 0.717) is 18.8 Å². The van der Waals surface area contributed by atoms with Crippen LogP contribution in [0.5, 0.6) is 5.75 Å². The summed E-state index contributed by atoms with van der Waals surface area (Å²) in [6.45, 7) is 1.35. The molecule has 0 spiro atoms. The smallest absolute Gasteiger partial charge is 0.416 e. The van der Waals surface area contributed by atoms with Gasteiger partial charge in [-0.25, -0.2) is 0 Å². The van der Waals surface area contributed by atoms with Gasteiger partial charge in [0.1, 0.15) is 19.0 Å². The van der Waals surface area contributed by atoms with Crippen molar-refractivity contribution in [2.24, 2.45) is 0 Å². The number of rotatable bonds is 6. The molecular formula is C18H20F3N3O3. The van der Waals surface area contributed by atoms with Crippen molar-refractivity contribution in [2.45, 2.75) is 25.1 Å². The van der Waals surface area contributed by atoms with Crippen LogP contribution < -0.4 is 4.74 Å². The fourth-order valence-corrected chi connectivity index (χ4v) is 3.03. The number of methoxy groups -OCH3 is 1. The molecule has 146 valence electrons. The van der Waals surface area contributed by atoms with Crippen LogP contribution in [0.2, 0.25) is 0 Å². The Morgan fingerprint density at radius 2 is 2.19 bits per heavy atom. The van der Waals surface area contributed by atoms with E-state index in [1.165, 1.54) is 19.2 Å². The highest BCUT2D eigenvalue weighted by molar-refractivity contribution is 5.77. The molecule has 1 N–H and O–H groups in total. The van der Waals surface area contributed by atoms with Crippen LogP contribution >= 0.6 is 0 Å². The zero-order valence-electron chi connectivity index (χ0n) is 14.8. The van der Waals surface area contributed by atoms with Crippen molar-refractivity contribution in [2.75, 3.05) is 26.8 Å². The van der Waals surface area contributed by atoms with Crippen molar-refractivity contribution >= 4 is 5.91 Å². The van der Waals surface area contributed by atoms with E-state index in [1.54, 1.807) is 4.90 Å². The molecule has 2 aromatic rings. The van der Waals surface area contributed by atoms with Crippen LogP contribution in [-0.2, 0) is 22.3 Å². The van der Waals surface area contributed by atoms with Gasteiger partial charge in [-0.15, -0.1) is 0 Å². The van der Waals surface area contributed by atoms with E-state index in [4.69, 9.17) is 9.47 Å². The average molecular weight is 383 g/mol. The molecule has 0 bridgehead atoms. The van der Waals surface area contributed by atoms with Crippen molar-refractivity contribution in [3.63, 3.8) is 0 Å². The first kappa shape index (κ1) is 19.2. The van der Waals surface area contributed by atoms with Gasteiger partial charge in [-0.1, -0.05) is 6.07 Å². The summed E-state index contributed by atoms with van der Waals surface area (Å²) in [5.41, 5.74) is 0.714. The van der Waals surface area contributed by atoms with Gasteiger partial charge in [0.05, 0.1) is 17.0 Å². The number of hydrogen-bond acceptors (Lipinski definition) is 4. The highest BCUT2D eigenvalue weighted by Gasteiger charge is 2.31. The average Bonchev–Trinajstić information content (AvgIpc) is 3.29. The summed E-state index contributed by atoms with van der Waals surface area (Å²) >= 11 is 0. The van der Waals surface area contributed by atoms with Gasteiger partial charge in [0.2, 0.25) is 5.91 Å². The van der Waals surface area contributed by atoms with E-state index in [-0.39, 0.29) is 30.8 Å². The van der Waals surface area contributed by atoms with Gasteiger partial charge in [-0.2, -0.15) is 18.3 Å². The second-order valence-corrected chi connectivity index (χ2v) is 6.39. The summed E-state index contributed by atoms with van der Waals surface area (Å²) < 4.78 is 48.5. The van der Waals surface area contributed by atoms with Crippen LogP contribution in [0.1, 0.15) is 29.3 Å². The minimum Gasteiger partial charge on any atom is -0.487 e. The minimum absolute atomic E-state index is 0.0522. The molecular weight excluding hydrogens is 363 g/mol. The molecule has 1 fully saturated rings. The summed E-state index contributed by atoms with van der Waals surface area (Å²) in [6, 6.07) is 6.57. The zero-order chi connectivity index (χ0) is 19.4. The van der Waals surface area contributed by atoms with Gasteiger partial charge < -0.3 is 14.4 Å². The number of carbonyl (C=O) groups excluding carboxylic acids is 1. The van der Waals surface area contributed by atoms with Crippen molar-refractivity contribution in [1.29, 1.82) is 0 Å². The third kappa shape index (κ3) is 4.79. The zero-order valence-corrected chi connectivity index (χ0v) is 14.8. The van der Waals surface area contributed by atoms with E-state index in [9.17, 15) is 18.0 Å². The molecule has 6 nitrogen and oxygen atoms in total. The third-order valence-corrected chi connectivity index (χ3v) is 4.43. The number of benzene rings is 1. The number of halogens is 3. The number of hydrogen-bond donors (Lipinski definition) is 1. The maximum atomic E-state index is 12.7. The summed E-state index contributed by atoms with van der Waals surface area (Å²) in [7, 11) is 1.48. The van der Waals surface area contributed by atoms with Gasteiger partial charge in [0.25, 0.3) is 0 Å². The molecule has 9 heteroatoms. The molecule has 1 amide bonds. The molecule has 1 saturated heterocycles. The number of likely N-dealkylation sites (tertiary alicyclic amines) is 1. The molecule has 0 aliphatic carbocycles. The number of alkyl halides is 3. The molecule has 0 radical (unpaired) electrons. The highest BCUT2D eigenvalue weighted by atomic mass is 19.4. The lowest BCUT2D eigenvalue weighted by molar-refractivity contribution is -0.137. The lowest BCUT2D eigenvalue weighted by Crippen LogP contribution is -2.31. The first-order chi connectivity index (χ1) is 12.9. The molecule has 1 aliphatic heterocycles. The van der Waals surface area contributed by atoms with Gasteiger partial charge in [-0.05, 0) is 30.7 Å². The van der Waals surface area contributed by atoms with Crippen molar-refractivity contribution in [3.05, 3.63) is 47.3 Å². The van der Waals surface area contributed by atoms with Crippen LogP contribution in [0.4, 0.5) is 13.2 Å². The molecule has 1 atom stereocenters. The molecule has 2 heterocycles. The number of aromatic nitrogens is 2. The Kier molecular flexibility index (Phi) is 5.69. The topological polar surface area (TPSA) is 67.4 Å². The predicted molar refractivity (Wildman–Crippen MR) is 90.2 cm³/mol. The molecule has 27 heavy (non-hydrogen) atoms. The summed E-state index contributed by atoms with van der Waals surface area (Å²) in [4.78, 5) is 13.6. The lowest BCUT2D eigenvalue weighted by atomic mass is 10.1. The normalized spacial score (nSPS) is 17.3. The second-order valence-electron chi connectivity index (χ2n) is 6.39. The van der Waals surface area contributed by atoms with Crippen LogP contribution in [-0.4, -0.2) is 47.8 Å². The van der Waals surface area contributed by atoms with Crippen molar-refractivity contribution < 1.29 is 27.4 Å². The molecule has 1 aromatic heterocycles. The number of nitrogens with one attached hydrogen (secondary N) is 1. The Balaban J connectivity index is 1.57. The highest BCUT2D eigenvalue weighted by Crippen LogP contribution is 2.31. The van der Waals surface area contributed by atoms with E-state index in [1.807, 2.05) is 6.07 Å². The van der Waals surface area contributed by atoms with E-state index >= 15 is 0 Å². The summed E-state index contributed by atoms with van der Waals surface area (Å²) in [5, 5.41) is 7.09. The Morgan fingerprint density at radius 3 is 2.93 bits per heavy atom. The standard InChI is InChI=1S/C18H20F3N3O3/c1-26-11-17(25)24-6-5-12(9-24)16-8-14(22-23-16)10-27-15-4-2-3-13(7-15)18(19,20)21/h2-4,7-8,12H,5-6,9-11H2,1H3,(H,22,23)/t12-/m1/s1. The molecule has 1 aliphatic rings. The maximum Gasteiger partial charge on any atom is 0.416 e. The fraction of sp³-hybridized carbons (Fsp3) is 0.444. The fourth-order valence-electron chi connectivity index (χ4n) is 3.03. The number of nitrogens with zero attached hydrogens (tertiary/aromatic N) is 2. The van der Waals surface area contributed by atoms with Gasteiger partial charge in [-0.3, -0.25) is 9.89 Å². The Bertz CT molecular complexity index is 791. The molecule has 1 aromatic carbocycles.